The molecule has 2 aromatic carbocycles. The molecule has 0 aromatic heterocycles. The number of carbonyl (C=O) groups is 2. The maximum Gasteiger partial charge on any atom is 0.272 e. The van der Waals surface area contributed by atoms with Crippen LogP contribution in [0.5, 0.6) is 0 Å². The summed E-state index contributed by atoms with van der Waals surface area (Å²) in [6, 6.07) is 14.8. The summed E-state index contributed by atoms with van der Waals surface area (Å²) in [5.41, 5.74) is 3.00. The molecule has 3 nitrogen and oxygen atoms in total. The molecule has 5 heteroatoms. The number of thioether (sulfide) groups is 1. The fourth-order valence-electron chi connectivity index (χ4n) is 3.15. The molecule has 0 bridgehead atoms. The van der Waals surface area contributed by atoms with Gasteiger partial charge in [0.1, 0.15) is 0 Å². The van der Waals surface area contributed by atoms with Gasteiger partial charge in [-0.15, -0.1) is 11.8 Å². The molecule has 0 aliphatic carbocycles. The van der Waals surface area contributed by atoms with E-state index in [1.807, 2.05) is 38.1 Å². The van der Waals surface area contributed by atoms with Gasteiger partial charge in [-0.05, 0) is 48.2 Å². The SMILES string of the molecule is CCCCc1ccc(N2C(=O)C(SC(C)C)=C(c3ccc(Cl)cc3)C2=O)cc1. The lowest BCUT2D eigenvalue weighted by molar-refractivity contribution is -0.119. The van der Waals surface area contributed by atoms with Crippen molar-refractivity contribution in [3.05, 3.63) is 69.6 Å². The van der Waals surface area contributed by atoms with Gasteiger partial charge in [-0.3, -0.25) is 9.59 Å². The Kier molecular flexibility index (Phi) is 6.63. The predicted molar refractivity (Wildman–Crippen MR) is 119 cm³/mol. The number of amides is 2. The van der Waals surface area contributed by atoms with Gasteiger partial charge in [0.2, 0.25) is 0 Å². The first kappa shape index (κ1) is 20.7. The highest BCUT2D eigenvalue weighted by Crippen LogP contribution is 2.40. The van der Waals surface area contributed by atoms with E-state index in [1.54, 1.807) is 24.3 Å². The largest absolute Gasteiger partial charge is 0.272 e. The molecule has 3 rings (SSSR count). The summed E-state index contributed by atoms with van der Waals surface area (Å²) in [4.78, 5) is 28.2. The van der Waals surface area contributed by atoms with Crippen LogP contribution in [0.1, 0.15) is 44.7 Å². The fourth-order valence-corrected chi connectivity index (χ4v) is 4.27. The number of benzene rings is 2. The van der Waals surface area contributed by atoms with Crippen LogP contribution in [0.4, 0.5) is 5.69 Å². The standard InChI is InChI=1S/C23H24ClNO2S/c1-4-5-6-16-7-13-19(14-8-16)25-22(26)20(17-9-11-18(24)12-10-17)21(23(25)27)28-15(2)3/h7-15H,4-6H2,1-3H3. The van der Waals surface area contributed by atoms with Gasteiger partial charge in [0.25, 0.3) is 11.8 Å². The van der Waals surface area contributed by atoms with Crippen LogP contribution in [-0.4, -0.2) is 17.1 Å². The molecule has 0 saturated heterocycles. The van der Waals surface area contributed by atoms with Crippen molar-refractivity contribution in [2.75, 3.05) is 4.90 Å². The highest BCUT2D eigenvalue weighted by Gasteiger charge is 2.40. The Morgan fingerprint density at radius 2 is 1.61 bits per heavy atom. The van der Waals surface area contributed by atoms with E-state index in [9.17, 15) is 9.59 Å². The lowest BCUT2D eigenvalue weighted by atomic mass is 10.1. The average Bonchev–Trinajstić information content (AvgIpc) is 2.91. The van der Waals surface area contributed by atoms with E-state index in [1.165, 1.54) is 22.2 Å². The van der Waals surface area contributed by atoms with Crippen molar-refractivity contribution < 1.29 is 9.59 Å². The molecule has 0 spiro atoms. The second-order valence-electron chi connectivity index (χ2n) is 7.09. The number of rotatable bonds is 7. The molecular weight excluding hydrogens is 390 g/mol. The summed E-state index contributed by atoms with van der Waals surface area (Å²) in [6.45, 7) is 6.19. The number of hydrogen-bond acceptors (Lipinski definition) is 3. The molecule has 0 radical (unpaired) electrons. The Morgan fingerprint density at radius 1 is 0.964 bits per heavy atom. The number of hydrogen-bond donors (Lipinski definition) is 0. The summed E-state index contributed by atoms with van der Waals surface area (Å²) < 4.78 is 0. The Bertz CT molecular complexity index is 901. The summed E-state index contributed by atoms with van der Waals surface area (Å²) in [5.74, 6) is -0.535. The Balaban J connectivity index is 1.97. The molecule has 1 aliphatic rings. The van der Waals surface area contributed by atoms with Crippen LogP contribution < -0.4 is 4.90 Å². The maximum absolute atomic E-state index is 13.3. The van der Waals surface area contributed by atoms with E-state index in [-0.39, 0.29) is 17.1 Å². The molecule has 0 atom stereocenters. The normalized spacial score (nSPS) is 14.5. The number of anilines is 1. The van der Waals surface area contributed by atoms with Crippen molar-refractivity contribution in [3.8, 4) is 0 Å². The van der Waals surface area contributed by atoms with Crippen molar-refractivity contribution in [1.82, 2.24) is 0 Å². The first-order valence-electron chi connectivity index (χ1n) is 9.57. The quantitative estimate of drug-likeness (QED) is 0.514. The average molecular weight is 414 g/mol. The molecule has 0 fully saturated rings. The minimum absolute atomic E-state index is 0.186. The third-order valence-electron chi connectivity index (χ3n) is 4.54. The lowest BCUT2D eigenvalue weighted by Crippen LogP contribution is -2.31. The number of aryl methyl sites for hydroxylation is 1. The number of halogens is 1. The third kappa shape index (κ3) is 4.34. The second kappa shape index (κ2) is 8.97. The zero-order chi connectivity index (χ0) is 20.3. The van der Waals surface area contributed by atoms with Gasteiger partial charge in [-0.25, -0.2) is 4.90 Å². The second-order valence-corrected chi connectivity index (χ2v) is 9.12. The minimum Gasteiger partial charge on any atom is -0.268 e. The molecule has 1 aliphatic heterocycles. The van der Waals surface area contributed by atoms with Crippen molar-refractivity contribution in [2.45, 2.75) is 45.3 Å². The molecule has 0 N–H and O–H groups in total. The number of carbonyl (C=O) groups excluding carboxylic acids is 2. The molecule has 1 heterocycles. The number of unbranched alkanes of at least 4 members (excludes halogenated alkanes) is 1. The first-order chi connectivity index (χ1) is 13.4. The molecule has 28 heavy (non-hydrogen) atoms. The van der Waals surface area contributed by atoms with Crippen LogP contribution in [0.25, 0.3) is 5.57 Å². The smallest absolute Gasteiger partial charge is 0.268 e. The molecule has 0 unspecified atom stereocenters. The number of nitrogens with zero attached hydrogens (tertiary/aromatic N) is 1. The Labute approximate surface area is 175 Å². The predicted octanol–water partition coefficient (Wildman–Crippen LogP) is 6.11. The first-order valence-corrected chi connectivity index (χ1v) is 10.8. The summed E-state index contributed by atoms with van der Waals surface area (Å²) in [5, 5.41) is 0.782. The van der Waals surface area contributed by atoms with Crippen LogP contribution in [-0.2, 0) is 16.0 Å². The van der Waals surface area contributed by atoms with Crippen LogP contribution in [0.3, 0.4) is 0 Å². The van der Waals surface area contributed by atoms with E-state index < -0.39 is 0 Å². The lowest BCUT2D eigenvalue weighted by Gasteiger charge is -2.16. The fraction of sp³-hybridized carbons (Fsp3) is 0.304. The van der Waals surface area contributed by atoms with Crippen LogP contribution >= 0.6 is 23.4 Å². The summed E-state index contributed by atoms with van der Waals surface area (Å²) in [6.07, 6.45) is 3.26. The van der Waals surface area contributed by atoms with E-state index >= 15 is 0 Å². The van der Waals surface area contributed by atoms with E-state index in [0.29, 0.717) is 26.8 Å². The van der Waals surface area contributed by atoms with Gasteiger partial charge < -0.3 is 0 Å². The van der Waals surface area contributed by atoms with E-state index in [4.69, 9.17) is 11.6 Å². The van der Waals surface area contributed by atoms with Crippen molar-refractivity contribution in [1.29, 1.82) is 0 Å². The van der Waals surface area contributed by atoms with Crippen LogP contribution in [0.2, 0.25) is 5.02 Å². The van der Waals surface area contributed by atoms with Crippen molar-refractivity contribution >= 4 is 46.4 Å². The maximum atomic E-state index is 13.3. The van der Waals surface area contributed by atoms with Gasteiger partial charge >= 0.3 is 0 Å². The Morgan fingerprint density at radius 3 is 2.18 bits per heavy atom. The van der Waals surface area contributed by atoms with Gasteiger partial charge in [-0.2, -0.15) is 0 Å². The number of imide groups is 1. The molecule has 146 valence electrons. The highest BCUT2D eigenvalue weighted by molar-refractivity contribution is 8.04. The minimum atomic E-state index is -0.281. The van der Waals surface area contributed by atoms with E-state index in [2.05, 4.69) is 6.92 Å². The van der Waals surface area contributed by atoms with Crippen LogP contribution in [0, 0.1) is 0 Å². The molecular formula is C23H24ClNO2S. The van der Waals surface area contributed by atoms with Crippen molar-refractivity contribution in [2.24, 2.45) is 0 Å². The summed E-state index contributed by atoms with van der Waals surface area (Å²) in [7, 11) is 0. The Hall–Kier alpha value is -2.04. The third-order valence-corrected chi connectivity index (χ3v) is 5.88. The van der Waals surface area contributed by atoms with Gasteiger partial charge in [-0.1, -0.05) is 63.1 Å². The zero-order valence-corrected chi connectivity index (χ0v) is 17.9. The van der Waals surface area contributed by atoms with Crippen LogP contribution in [0.15, 0.2) is 53.4 Å². The topological polar surface area (TPSA) is 37.4 Å². The zero-order valence-electron chi connectivity index (χ0n) is 16.4. The van der Waals surface area contributed by atoms with Gasteiger partial charge in [0.05, 0.1) is 16.2 Å². The summed E-state index contributed by atoms with van der Waals surface area (Å²) >= 11 is 7.42. The van der Waals surface area contributed by atoms with Crippen molar-refractivity contribution in [3.63, 3.8) is 0 Å². The molecule has 0 saturated carbocycles. The highest BCUT2D eigenvalue weighted by atomic mass is 35.5. The van der Waals surface area contributed by atoms with E-state index in [0.717, 1.165) is 19.3 Å². The van der Waals surface area contributed by atoms with Gasteiger partial charge in [0, 0.05) is 10.3 Å². The molecule has 2 amide bonds. The molecule has 2 aromatic rings. The van der Waals surface area contributed by atoms with Gasteiger partial charge in [0.15, 0.2) is 0 Å². The monoisotopic (exact) mass is 413 g/mol.